The first kappa shape index (κ1) is 10.1. The van der Waals surface area contributed by atoms with Gasteiger partial charge in [-0.3, -0.25) is 4.90 Å². The van der Waals surface area contributed by atoms with Crippen molar-refractivity contribution >= 4 is 0 Å². The van der Waals surface area contributed by atoms with Gasteiger partial charge in [-0.25, -0.2) is 0 Å². The minimum atomic E-state index is 0.895. The first-order chi connectivity index (χ1) is 7.33. The van der Waals surface area contributed by atoms with Gasteiger partial charge in [-0.2, -0.15) is 0 Å². The third-order valence-corrected chi connectivity index (χ3v) is 4.62. The molecule has 0 aromatic rings. The number of hydrogen-bond acceptors (Lipinski definition) is 3. The maximum absolute atomic E-state index is 3.52. The van der Waals surface area contributed by atoms with E-state index in [0.29, 0.717) is 0 Å². The van der Waals surface area contributed by atoms with Crippen molar-refractivity contribution in [2.24, 2.45) is 11.8 Å². The molecule has 15 heavy (non-hydrogen) atoms. The van der Waals surface area contributed by atoms with Crippen LogP contribution in [0.3, 0.4) is 0 Å². The lowest BCUT2D eigenvalue weighted by Crippen LogP contribution is -2.43. The molecule has 0 amide bonds. The van der Waals surface area contributed by atoms with Crippen LogP contribution >= 0.6 is 0 Å². The third kappa shape index (κ3) is 1.93. The fraction of sp³-hybridized carbons (Fsp3) is 1.00. The van der Waals surface area contributed by atoms with Crippen molar-refractivity contribution < 1.29 is 0 Å². The predicted molar refractivity (Wildman–Crippen MR) is 61.9 cm³/mol. The van der Waals surface area contributed by atoms with Gasteiger partial charge in [0.2, 0.25) is 0 Å². The molecule has 0 aliphatic carbocycles. The molecule has 3 aliphatic rings. The molecule has 3 saturated heterocycles. The number of nitrogens with one attached hydrogen (secondary N) is 1. The Morgan fingerprint density at radius 2 is 1.60 bits per heavy atom. The standard InChI is InChI=1S/C12H23N3/c1-14-4-2-12(3-5-14)15-8-10-6-13-7-11(10)9-15/h10-13H,2-9H2,1H3/t10-,11+. The van der Waals surface area contributed by atoms with Crippen molar-refractivity contribution in [2.75, 3.05) is 46.3 Å². The molecule has 3 fully saturated rings. The average molecular weight is 209 g/mol. The summed E-state index contributed by atoms with van der Waals surface area (Å²) in [4.78, 5) is 5.25. The molecule has 0 spiro atoms. The van der Waals surface area contributed by atoms with Crippen molar-refractivity contribution in [3.8, 4) is 0 Å². The number of fused-ring (bicyclic) bond motifs is 1. The van der Waals surface area contributed by atoms with Crippen LogP contribution in [-0.2, 0) is 0 Å². The number of nitrogens with zero attached hydrogens (tertiary/aromatic N) is 2. The van der Waals surface area contributed by atoms with Gasteiger partial charge in [0.05, 0.1) is 0 Å². The molecule has 0 aromatic carbocycles. The van der Waals surface area contributed by atoms with Gasteiger partial charge in [-0.1, -0.05) is 0 Å². The highest BCUT2D eigenvalue weighted by atomic mass is 15.2. The minimum Gasteiger partial charge on any atom is -0.316 e. The molecule has 3 heteroatoms. The molecule has 0 radical (unpaired) electrons. The van der Waals surface area contributed by atoms with Crippen LogP contribution in [0.4, 0.5) is 0 Å². The smallest absolute Gasteiger partial charge is 0.0120 e. The first-order valence-corrected chi connectivity index (χ1v) is 6.46. The Bertz CT molecular complexity index is 211. The summed E-state index contributed by atoms with van der Waals surface area (Å²) < 4.78 is 0. The normalized spacial score (nSPS) is 39.8. The summed E-state index contributed by atoms with van der Waals surface area (Å²) in [5.74, 6) is 1.93. The van der Waals surface area contributed by atoms with Crippen molar-refractivity contribution in [1.29, 1.82) is 0 Å². The molecular weight excluding hydrogens is 186 g/mol. The zero-order chi connectivity index (χ0) is 10.3. The van der Waals surface area contributed by atoms with Gasteiger partial charge in [0.15, 0.2) is 0 Å². The average Bonchev–Trinajstić information content (AvgIpc) is 2.78. The second kappa shape index (κ2) is 4.04. The van der Waals surface area contributed by atoms with E-state index in [1.165, 1.54) is 52.1 Å². The van der Waals surface area contributed by atoms with Crippen molar-refractivity contribution in [3.63, 3.8) is 0 Å². The van der Waals surface area contributed by atoms with E-state index in [1.807, 2.05) is 0 Å². The van der Waals surface area contributed by atoms with Gasteiger partial charge in [0.1, 0.15) is 0 Å². The minimum absolute atomic E-state index is 0.895. The van der Waals surface area contributed by atoms with Crippen LogP contribution in [0.25, 0.3) is 0 Å². The van der Waals surface area contributed by atoms with Crippen LogP contribution in [0.5, 0.6) is 0 Å². The molecule has 2 atom stereocenters. The van der Waals surface area contributed by atoms with Gasteiger partial charge in [0.25, 0.3) is 0 Å². The molecule has 3 nitrogen and oxygen atoms in total. The van der Waals surface area contributed by atoms with E-state index in [4.69, 9.17) is 0 Å². The maximum Gasteiger partial charge on any atom is 0.0120 e. The summed E-state index contributed by atoms with van der Waals surface area (Å²) in [7, 11) is 2.25. The molecule has 3 heterocycles. The number of likely N-dealkylation sites (tertiary alicyclic amines) is 2. The van der Waals surface area contributed by atoms with Gasteiger partial charge >= 0.3 is 0 Å². The Hall–Kier alpha value is -0.120. The topological polar surface area (TPSA) is 18.5 Å². The maximum atomic E-state index is 3.52. The van der Waals surface area contributed by atoms with E-state index in [1.54, 1.807) is 0 Å². The van der Waals surface area contributed by atoms with Gasteiger partial charge in [0, 0.05) is 19.1 Å². The Kier molecular flexibility index (Phi) is 2.71. The second-order valence-electron chi connectivity index (χ2n) is 5.67. The zero-order valence-corrected chi connectivity index (χ0v) is 9.78. The lowest BCUT2D eigenvalue weighted by atomic mass is 10.0. The molecule has 0 saturated carbocycles. The van der Waals surface area contributed by atoms with Crippen LogP contribution in [0.1, 0.15) is 12.8 Å². The number of hydrogen-bond donors (Lipinski definition) is 1. The predicted octanol–water partition coefficient (Wildman–Crippen LogP) is 0.232. The molecule has 86 valence electrons. The summed E-state index contributed by atoms with van der Waals surface area (Å²) in [6.45, 7) is 7.88. The zero-order valence-electron chi connectivity index (χ0n) is 9.78. The van der Waals surface area contributed by atoms with E-state index in [2.05, 4.69) is 22.2 Å². The highest BCUT2D eigenvalue weighted by Gasteiger charge is 2.38. The largest absolute Gasteiger partial charge is 0.316 e. The van der Waals surface area contributed by atoms with Crippen LogP contribution in [-0.4, -0.2) is 62.2 Å². The molecule has 3 aliphatic heterocycles. The molecule has 0 unspecified atom stereocenters. The van der Waals surface area contributed by atoms with Crippen LogP contribution in [0, 0.1) is 11.8 Å². The Morgan fingerprint density at radius 3 is 2.20 bits per heavy atom. The quantitative estimate of drug-likeness (QED) is 0.667. The summed E-state index contributed by atoms with van der Waals surface area (Å²) in [5.41, 5.74) is 0. The van der Waals surface area contributed by atoms with E-state index in [-0.39, 0.29) is 0 Å². The summed E-state index contributed by atoms with van der Waals surface area (Å²) in [5, 5.41) is 3.52. The fourth-order valence-electron chi connectivity index (χ4n) is 3.55. The Morgan fingerprint density at radius 1 is 1.00 bits per heavy atom. The monoisotopic (exact) mass is 209 g/mol. The van der Waals surface area contributed by atoms with Crippen molar-refractivity contribution in [2.45, 2.75) is 18.9 Å². The van der Waals surface area contributed by atoms with Gasteiger partial charge < -0.3 is 10.2 Å². The number of piperidine rings is 1. The molecule has 3 rings (SSSR count). The Labute approximate surface area is 92.8 Å². The van der Waals surface area contributed by atoms with Crippen molar-refractivity contribution in [1.82, 2.24) is 15.1 Å². The summed E-state index contributed by atoms with van der Waals surface area (Å²) >= 11 is 0. The van der Waals surface area contributed by atoms with Crippen molar-refractivity contribution in [3.05, 3.63) is 0 Å². The lowest BCUT2D eigenvalue weighted by Gasteiger charge is -2.35. The summed E-state index contributed by atoms with van der Waals surface area (Å²) in [6.07, 6.45) is 2.78. The second-order valence-corrected chi connectivity index (χ2v) is 5.67. The molecule has 0 bridgehead atoms. The summed E-state index contributed by atoms with van der Waals surface area (Å²) in [6, 6.07) is 0.895. The van der Waals surface area contributed by atoms with Crippen LogP contribution in [0.2, 0.25) is 0 Å². The van der Waals surface area contributed by atoms with Crippen LogP contribution in [0.15, 0.2) is 0 Å². The molecular formula is C12H23N3. The molecule has 1 N–H and O–H groups in total. The van der Waals surface area contributed by atoms with E-state index < -0.39 is 0 Å². The van der Waals surface area contributed by atoms with Gasteiger partial charge in [-0.15, -0.1) is 0 Å². The fourth-order valence-corrected chi connectivity index (χ4v) is 3.55. The van der Waals surface area contributed by atoms with E-state index >= 15 is 0 Å². The Balaban J connectivity index is 1.56. The van der Waals surface area contributed by atoms with E-state index in [9.17, 15) is 0 Å². The van der Waals surface area contributed by atoms with E-state index in [0.717, 1.165) is 17.9 Å². The highest BCUT2D eigenvalue weighted by molar-refractivity contribution is 4.94. The first-order valence-electron chi connectivity index (χ1n) is 6.46. The van der Waals surface area contributed by atoms with Crippen LogP contribution < -0.4 is 5.32 Å². The SMILES string of the molecule is CN1CCC(N2C[C@H]3CNC[C@H]3C2)CC1. The third-order valence-electron chi connectivity index (χ3n) is 4.62. The lowest BCUT2D eigenvalue weighted by molar-refractivity contribution is 0.136. The number of rotatable bonds is 1. The van der Waals surface area contributed by atoms with Gasteiger partial charge in [-0.05, 0) is 57.9 Å². The molecule has 0 aromatic heterocycles. The highest BCUT2D eigenvalue weighted by Crippen LogP contribution is 2.30.